The molecule has 32 heavy (non-hydrogen) atoms. The Morgan fingerprint density at radius 1 is 1.06 bits per heavy atom. The lowest BCUT2D eigenvalue weighted by molar-refractivity contribution is -0.139. The van der Waals surface area contributed by atoms with Gasteiger partial charge in [-0.15, -0.1) is 0 Å². The van der Waals surface area contributed by atoms with Gasteiger partial charge in [-0.3, -0.25) is 13.9 Å². The summed E-state index contributed by atoms with van der Waals surface area (Å²) in [6, 6.07) is 15.7. The molecule has 0 spiro atoms. The quantitative estimate of drug-likeness (QED) is 0.489. The molecule has 1 N–H and O–H groups in total. The van der Waals surface area contributed by atoms with Crippen LogP contribution in [0.5, 0.6) is 0 Å². The van der Waals surface area contributed by atoms with Crippen molar-refractivity contribution in [2.75, 3.05) is 30.2 Å². The number of nitrogens with one attached hydrogen (secondary N) is 1. The highest BCUT2D eigenvalue weighted by atomic mass is 79.9. The first-order chi connectivity index (χ1) is 15.2. The summed E-state index contributed by atoms with van der Waals surface area (Å²) in [5, 5.41) is 2.78. The summed E-state index contributed by atoms with van der Waals surface area (Å²) in [7, 11) is -3.73. The third-order valence-electron chi connectivity index (χ3n) is 5.00. The molecular formula is C23H30BrN3O4S. The number of carbonyl (C=O) groups excluding carboxylic acids is 2. The average Bonchev–Trinajstić information content (AvgIpc) is 2.74. The number of hydrogen-bond acceptors (Lipinski definition) is 4. The highest BCUT2D eigenvalue weighted by molar-refractivity contribution is 9.10. The van der Waals surface area contributed by atoms with Crippen molar-refractivity contribution in [3.8, 4) is 0 Å². The number of benzene rings is 2. The SMILES string of the molecule is CCNC(=O)C(CC)N(CCc1ccccc1)C(=O)CN(c1cccc(Br)c1)S(C)(=O)=O. The molecule has 0 saturated carbocycles. The largest absolute Gasteiger partial charge is 0.355 e. The molecule has 0 aliphatic rings. The summed E-state index contributed by atoms with van der Waals surface area (Å²) in [4.78, 5) is 27.6. The Balaban J connectivity index is 2.34. The van der Waals surface area contributed by atoms with E-state index in [9.17, 15) is 18.0 Å². The first-order valence-electron chi connectivity index (χ1n) is 10.5. The van der Waals surface area contributed by atoms with E-state index in [1.165, 1.54) is 4.90 Å². The second-order valence-corrected chi connectivity index (χ2v) is 10.2. The molecule has 2 rings (SSSR count). The summed E-state index contributed by atoms with van der Waals surface area (Å²) in [6.07, 6.45) is 2.04. The normalized spacial score (nSPS) is 12.1. The van der Waals surface area contributed by atoms with E-state index in [4.69, 9.17) is 0 Å². The van der Waals surface area contributed by atoms with E-state index in [2.05, 4.69) is 21.2 Å². The van der Waals surface area contributed by atoms with Crippen molar-refractivity contribution in [2.45, 2.75) is 32.7 Å². The highest BCUT2D eigenvalue weighted by Crippen LogP contribution is 2.22. The molecule has 0 aromatic heterocycles. The van der Waals surface area contributed by atoms with Gasteiger partial charge in [0.15, 0.2) is 0 Å². The molecule has 0 aliphatic carbocycles. The first-order valence-corrected chi connectivity index (χ1v) is 13.2. The molecule has 0 radical (unpaired) electrons. The Kier molecular flexibility index (Phi) is 9.71. The second-order valence-electron chi connectivity index (χ2n) is 7.39. The van der Waals surface area contributed by atoms with Gasteiger partial charge in [-0.05, 0) is 43.5 Å². The molecule has 1 unspecified atom stereocenters. The highest BCUT2D eigenvalue weighted by Gasteiger charge is 2.31. The van der Waals surface area contributed by atoms with E-state index >= 15 is 0 Å². The maximum Gasteiger partial charge on any atom is 0.244 e. The third kappa shape index (κ3) is 7.34. The number of sulfonamides is 1. The van der Waals surface area contributed by atoms with E-state index in [-0.39, 0.29) is 12.5 Å². The van der Waals surface area contributed by atoms with E-state index in [0.717, 1.165) is 16.1 Å². The number of likely N-dealkylation sites (N-methyl/N-ethyl adjacent to an activating group) is 1. The molecule has 7 nitrogen and oxygen atoms in total. The van der Waals surface area contributed by atoms with Crippen molar-refractivity contribution in [1.82, 2.24) is 10.2 Å². The molecular weight excluding hydrogens is 494 g/mol. The zero-order valence-electron chi connectivity index (χ0n) is 18.6. The topological polar surface area (TPSA) is 86.8 Å². The molecule has 9 heteroatoms. The maximum absolute atomic E-state index is 13.4. The number of rotatable bonds is 11. The van der Waals surface area contributed by atoms with Crippen LogP contribution in [0.3, 0.4) is 0 Å². The van der Waals surface area contributed by atoms with Crippen molar-refractivity contribution in [2.24, 2.45) is 0 Å². The molecule has 2 aromatic rings. The van der Waals surface area contributed by atoms with Gasteiger partial charge < -0.3 is 10.2 Å². The predicted molar refractivity (Wildman–Crippen MR) is 131 cm³/mol. The number of carbonyl (C=O) groups is 2. The standard InChI is InChI=1S/C23H30BrN3O4S/c1-4-21(23(29)25-5-2)26(15-14-18-10-7-6-8-11-18)22(28)17-27(32(3,30)31)20-13-9-12-19(24)16-20/h6-13,16,21H,4-5,14-15,17H2,1-3H3,(H,25,29). The lowest BCUT2D eigenvalue weighted by Gasteiger charge is -2.32. The third-order valence-corrected chi connectivity index (χ3v) is 6.63. The molecule has 2 amide bonds. The molecule has 1 atom stereocenters. The molecule has 174 valence electrons. The molecule has 0 fully saturated rings. The van der Waals surface area contributed by atoms with E-state index < -0.39 is 22.0 Å². The summed E-state index contributed by atoms with van der Waals surface area (Å²) in [5.74, 6) is -0.672. The minimum atomic E-state index is -3.73. The smallest absolute Gasteiger partial charge is 0.244 e. The predicted octanol–water partition coefficient (Wildman–Crippen LogP) is 3.20. The van der Waals surface area contributed by atoms with Gasteiger partial charge in [0.25, 0.3) is 0 Å². The average molecular weight is 524 g/mol. The monoisotopic (exact) mass is 523 g/mol. The Morgan fingerprint density at radius 3 is 2.31 bits per heavy atom. The first kappa shape index (κ1) is 25.9. The van der Waals surface area contributed by atoms with Crippen molar-refractivity contribution >= 4 is 43.5 Å². The fourth-order valence-corrected chi connectivity index (χ4v) is 4.66. The van der Waals surface area contributed by atoms with E-state index in [1.54, 1.807) is 24.3 Å². The van der Waals surface area contributed by atoms with Gasteiger partial charge >= 0.3 is 0 Å². The van der Waals surface area contributed by atoms with Crippen LogP contribution in [0, 0.1) is 0 Å². The minimum absolute atomic E-state index is 0.246. The number of amides is 2. The Bertz CT molecular complexity index is 1010. The van der Waals surface area contributed by atoms with Crippen LogP contribution in [-0.4, -0.2) is 57.1 Å². The summed E-state index contributed by atoms with van der Waals surface area (Å²) in [6.45, 7) is 4.02. The van der Waals surface area contributed by atoms with Crippen molar-refractivity contribution in [1.29, 1.82) is 0 Å². The van der Waals surface area contributed by atoms with Gasteiger partial charge in [-0.25, -0.2) is 8.42 Å². The minimum Gasteiger partial charge on any atom is -0.355 e. The van der Waals surface area contributed by atoms with E-state index in [0.29, 0.717) is 36.1 Å². The van der Waals surface area contributed by atoms with E-state index in [1.807, 2.05) is 44.2 Å². The Hall–Kier alpha value is -2.39. The second kappa shape index (κ2) is 12.0. The van der Waals surface area contributed by atoms with Crippen LogP contribution in [0.2, 0.25) is 0 Å². The fourth-order valence-electron chi connectivity index (χ4n) is 3.43. The number of halogens is 1. The van der Waals surface area contributed by atoms with Gasteiger partial charge in [-0.1, -0.05) is 59.3 Å². The fraction of sp³-hybridized carbons (Fsp3) is 0.391. The number of nitrogens with zero attached hydrogens (tertiary/aromatic N) is 2. The molecule has 0 saturated heterocycles. The molecule has 2 aromatic carbocycles. The van der Waals surface area contributed by atoms with Gasteiger partial charge in [0.1, 0.15) is 12.6 Å². The van der Waals surface area contributed by atoms with Crippen LogP contribution in [-0.2, 0) is 26.0 Å². The van der Waals surface area contributed by atoms with Crippen LogP contribution >= 0.6 is 15.9 Å². The molecule has 0 heterocycles. The van der Waals surface area contributed by atoms with Gasteiger partial charge in [0, 0.05) is 17.6 Å². The summed E-state index contributed by atoms with van der Waals surface area (Å²) < 4.78 is 26.8. The Labute approximate surface area is 199 Å². The van der Waals surface area contributed by atoms with Crippen LogP contribution in [0.1, 0.15) is 25.8 Å². The summed E-state index contributed by atoms with van der Waals surface area (Å²) >= 11 is 3.34. The maximum atomic E-state index is 13.4. The number of anilines is 1. The van der Waals surface area contributed by atoms with Gasteiger partial charge in [0.2, 0.25) is 21.8 Å². The van der Waals surface area contributed by atoms with Crippen molar-refractivity contribution in [3.63, 3.8) is 0 Å². The molecule has 0 bridgehead atoms. The van der Waals surface area contributed by atoms with Crippen LogP contribution in [0.15, 0.2) is 59.1 Å². The van der Waals surface area contributed by atoms with Crippen LogP contribution in [0.4, 0.5) is 5.69 Å². The van der Waals surface area contributed by atoms with Crippen LogP contribution in [0.25, 0.3) is 0 Å². The van der Waals surface area contributed by atoms with Crippen molar-refractivity contribution in [3.05, 3.63) is 64.6 Å². The van der Waals surface area contributed by atoms with Crippen LogP contribution < -0.4 is 9.62 Å². The van der Waals surface area contributed by atoms with Crippen molar-refractivity contribution < 1.29 is 18.0 Å². The Morgan fingerprint density at radius 2 is 1.75 bits per heavy atom. The van der Waals surface area contributed by atoms with Gasteiger partial charge in [0.05, 0.1) is 11.9 Å². The van der Waals surface area contributed by atoms with Gasteiger partial charge in [-0.2, -0.15) is 0 Å². The lowest BCUT2D eigenvalue weighted by atomic mass is 10.1. The zero-order valence-corrected chi connectivity index (χ0v) is 21.0. The summed E-state index contributed by atoms with van der Waals surface area (Å²) in [5.41, 5.74) is 1.41. The zero-order chi connectivity index (χ0) is 23.7. The number of hydrogen-bond donors (Lipinski definition) is 1. The molecule has 0 aliphatic heterocycles. The lowest BCUT2D eigenvalue weighted by Crippen LogP contribution is -2.53.